The fourth-order valence-electron chi connectivity index (χ4n) is 4.11. The van der Waals surface area contributed by atoms with E-state index < -0.39 is 0 Å². The van der Waals surface area contributed by atoms with Crippen molar-refractivity contribution in [1.29, 1.82) is 0 Å². The largest absolute Gasteiger partial charge is 0.496 e. The molecule has 4 rings (SSSR count). The topological polar surface area (TPSA) is 49.9 Å². The summed E-state index contributed by atoms with van der Waals surface area (Å²) in [7, 11) is 1.63. The molecule has 2 aromatic carbocycles. The fourth-order valence-corrected chi connectivity index (χ4v) is 4.11. The lowest BCUT2D eigenvalue weighted by Gasteiger charge is -2.31. The number of hydrogen-bond donors (Lipinski definition) is 0. The molecule has 0 bridgehead atoms. The van der Waals surface area contributed by atoms with Crippen LogP contribution in [-0.2, 0) is 22.6 Å². The molecule has 0 spiro atoms. The molecule has 5 heteroatoms. The second-order valence-electron chi connectivity index (χ2n) is 7.21. The predicted octanol–water partition coefficient (Wildman–Crippen LogP) is 3.02. The monoisotopic (exact) mass is 364 g/mol. The van der Waals surface area contributed by atoms with Crippen molar-refractivity contribution in [2.24, 2.45) is 5.92 Å². The van der Waals surface area contributed by atoms with Crippen LogP contribution in [0.1, 0.15) is 24.0 Å². The zero-order valence-electron chi connectivity index (χ0n) is 15.6. The van der Waals surface area contributed by atoms with Crippen molar-refractivity contribution < 1.29 is 14.3 Å². The van der Waals surface area contributed by atoms with Gasteiger partial charge in [0, 0.05) is 37.3 Å². The van der Waals surface area contributed by atoms with Crippen molar-refractivity contribution in [2.75, 3.05) is 25.1 Å². The van der Waals surface area contributed by atoms with Gasteiger partial charge in [-0.2, -0.15) is 0 Å². The second kappa shape index (κ2) is 7.43. The van der Waals surface area contributed by atoms with E-state index in [0.717, 1.165) is 36.4 Å². The molecule has 1 unspecified atom stereocenters. The summed E-state index contributed by atoms with van der Waals surface area (Å²) in [5.41, 5.74) is 3.18. The highest BCUT2D eigenvalue weighted by molar-refractivity contribution is 5.99. The maximum atomic E-state index is 13.2. The molecular weight excluding hydrogens is 340 g/mol. The summed E-state index contributed by atoms with van der Waals surface area (Å²) in [4.78, 5) is 29.3. The lowest BCUT2D eigenvalue weighted by molar-refractivity contribution is -0.128. The molecule has 0 aliphatic carbocycles. The third-order valence-electron chi connectivity index (χ3n) is 5.49. The number of likely N-dealkylation sites (tertiary alicyclic amines) is 1. The van der Waals surface area contributed by atoms with Gasteiger partial charge in [0.25, 0.3) is 0 Å². The summed E-state index contributed by atoms with van der Waals surface area (Å²) < 4.78 is 5.39. The molecule has 1 atom stereocenters. The van der Waals surface area contributed by atoms with Crippen LogP contribution in [-0.4, -0.2) is 36.9 Å². The number of hydrogen-bond acceptors (Lipinski definition) is 3. The smallest absolute Gasteiger partial charge is 0.232 e. The number of benzene rings is 2. The number of para-hydroxylation sites is 2. The van der Waals surface area contributed by atoms with Crippen molar-refractivity contribution in [3.05, 3.63) is 59.7 Å². The number of rotatable bonds is 4. The molecule has 2 amide bonds. The van der Waals surface area contributed by atoms with E-state index in [1.165, 1.54) is 5.56 Å². The van der Waals surface area contributed by atoms with Crippen LogP contribution in [0.3, 0.4) is 0 Å². The van der Waals surface area contributed by atoms with Crippen LogP contribution in [0, 0.1) is 5.92 Å². The number of anilines is 1. The number of methoxy groups -OCH3 is 1. The van der Waals surface area contributed by atoms with Gasteiger partial charge in [-0.1, -0.05) is 36.4 Å². The van der Waals surface area contributed by atoms with Crippen molar-refractivity contribution in [1.82, 2.24) is 4.90 Å². The van der Waals surface area contributed by atoms with Gasteiger partial charge < -0.3 is 14.5 Å². The van der Waals surface area contributed by atoms with E-state index in [2.05, 4.69) is 6.07 Å². The van der Waals surface area contributed by atoms with Gasteiger partial charge in [0.05, 0.1) is 13.0 Å². The van der Waals surface area contributed by atoms with Gasteiger partial charge in [-0.25, -0.2) is 0 Å². The molecule has 1 fully saturated rings. The summed E-state index contributed by atoms with van der Waals surface area (Å²) >= 11 is 0. The van der Waals surface area contributed by atoms with Gasteiger partial charge in [-0.3, -0.25) is 9.59 Å². The van der Waals surface area contributed by atoms with E-state index in [-0.39, 0.29) is 24.2 Å². The molecular formula is C22H24N2O3. The normalized spacial score (nSPS) is 19.1. The van der Waals surface area contributed by atoms with Crippen LogP contribution in [0.5, 0.6) is 5.75 Å². The molecule has 140 valence electrons. The Kier molecular flexibility index (Phi) is 4.84. The molecule has 0 N–H and O–H groups in total. The quantitative estimate of drug-likeness (QED) is 0.838. The van der Waals surface area contributed by atoms with Crippen molar-refractivity contribution in [3.8, 4) is 5.75 Å². The number of aryl methyl sites for hydroxylation is 1. The summed E-state index contributed by atoms with van der Waals surface area (Å²) in [6.45, 7) is 1.67. The molecule has 2 aliphatic rings. The van der Waals surface area contributed by atoms with Crippen molar-refractivity contribution >= 4 is 17.5 Å². The molecule has 27 heavy (non-hydrogen) atoms. The van der Waals surface area contributed by atoms with Gasteiger partial charge >= 0.3 is 0 Å². The van der Waals surface area contributed by atoms with Gasteiger partial charge in [0.15, 0.2) is 0 Å². The average Bonchev–Trinajstić information content (AvgIpc) is 3.08. The molecule has 1 saturated heterocycles. The Morgan fingerprint density at radius 3 is 2.78 bits per heavy atom. The third-order valence-corrected chi connectivity index (χ3v) is 5.49. The minimum atomic E-state index is -0.279. The molecule has 0 radical (unpaired) electrons. The first-order valence-corrected chi connectivity index (χ1v) is 9.46. The summed E-state index contributed by atoms with van der Waals surface area (Å²) in [5.74, 6) is 0.589. The van der Waals surface area contributed by atoms with Crippen molar-refractivity contribution in [3.63, 3.8) is 0 Å². The second-order valence-corrected chi connectivity index (χ2v) is 7.21. The fraction of sp³-hybridized carbons (Fsp3) is 0.364. The zero-order chi connectivity index (χ0) is 18.8. The van der Waals surface area contributed by atoms with Crippen LogP contribution >= 0.6 is 0 Å². The number of ether oxygens (including phenoxy) is 1. The highest BCUT2D eigenvalue weighted by atomic mass is 16.5. The Balaban J connectivity index is 1.49. The van der Waals surface area contributed by atoms with Gasteiger partial charge in [0.1, 0.15) is 5.75 Å². The summed E-state index contributed by atoms with van der Waals surface area (Å²) in [6.07, 6.45) is 2.25. The maximum absolute atomic E-state index is 13.2. The van der Waals surface area contributed by atoms with Crippen LogP contribution < -0.4 is 9.64 Å². The van der Waals surface area contributed by atoms with E-state index in [1.807, 2.05) is 47.4 Å². The maximum Gasteiger partial charge on any atom is 0.232 e. The Bertz CT molecular complexity index is 864. The zero-order valence-corrected chi connectivity index (χ0v) is 15.6. The van der Waals surface area contributed by atoms with Gasteiger partial charge in [0.2, 0.25) is 11.8 Å². The van der Waals surface area contributed by atoms with Crippen LogP contribution in [0.15, 0.2) is 48.5 Å². The van der Waals surface area contributed by atoms with E-state index >= 15 is 0 Å². The van der Waals surface area contributed by atoms with Gasteiger partial charge in [-0.15, -0.1) is 0 Å². The van der Waals surface area contributed by atoms with E-state index in [0.29, 0.717) is 13.1 Å². The minimum Gasteiger partial charge on any atom is -0.496 e. The molecule has 0 aromatic heterocycles. The number of carbonyl (C=O) groups is 2. The Morgan fingerprint density at radius 2 is 1.93 bits per heavy atom. The predicted molar refractivity (Wildman–Crippen MR) is 104 cm³/mol. The van der Waals surface area contributed by atoms with E-state index in [1.54, 1.807) is 12.0 Å². The van der Waals surface area contributed by atoms with Crippen LogP contribution in [0.2, 0.25) is 0 Å². The van der Waals surface area contributed by atoms with Gasteiger partial charge in [-0.05, 0) is 30.5 Å². The average molecular weight is 364 g/mol. The first kappa shape index (κ1) is 17.6. The highest BCUT2D eigenvalue weighted by Crippen LogP contribution is 2.31. The minimum absolute atomic E-state index is 0.0320. The lowest BCUT2D eigenvalue weighted by atomic mass is 9.99. The molecule has 0 saturated carbocycles. The number of amides is 2. The summed E-state index contributed by atoms with van der Waals surface area (Å²) in [5, 5.41) is 0. The lowest BCUT2D eigenvalue weighted by Crippen LogP contribution is -2.40. The first-order chi connectivity index (χ1) is 13.2. The van der Waals surface area contributed by atoms with Crippen LogP contribution in [0.4, 0.5) is 5.69 Å². The third kappa shape index (κ3) is 3.42. The number of carbonyl (C=O) groups excluding carboxylic acids is 2. The molecule has 5 nitrogen and oxygen atoms in total. The Labute approximate surface area is 159 Å². The first-order valence-electron chi connectivity index (χ1n) is 9.46. The van der Waals surface area contributed by atoms with Crippen LogP contribution in [0.25, 0.3) is 0 Å². The standard InChI is InChI=1S/C22H24N2O3/c1-27-20-11-5-3-8-17(20)14-23-15-18(13-21(23)25)22(26)24-12-6-9-16-7-2-4-10-19(16)24/h2-5,7-8,10-11,18H,6,9,12-15H2,1H3. The SMILES string of the molecule is COc1ccccc1CN1CC(C(=O)N2CCCc3ccccc32)CC1=O. The van der Waals surface area contributed by atoms with E-state index in [9.17, 15) is 9.59 Å². The van der Waals surface area contributed by atoms with Crippen molar-refractivity contribution in [2.45, 2.75) is 25.8 Å². The molecule has 2 heterocycles. The Hall–Kier alpha value is -2.82. The molecule has 2 aliphatic heterocycles. The highest BCUT2D eigenvalue weighted by Gasteiger charge is 2.38. The number of fused-ring (bicyclic) bond motifs is 1. The molecule has 2 aromatic rings. The summed E-state index contributed by atoms with van der Waals surface area (Å²) in [6, 6.07) is 15.8. The number of nitrogens with zero attached hydrogens (tertiary/aromatic N) is 2. The Morgan fingerprint density at radius 1 is 1.15 bits per heavy atom. The van der Waals surface area contributed by atoms with E-state index in [4.69, 9.17) is 4.74 Å².